The maximum Gasteiger partial charge on any atom is 0.347 e. The summed E-state index contributed by atoms with van der Waals surface area (Å²) >= 11 is 1.43. The molecule has 0 atom stereocenters. The van der Waals surface area contributed by atoms with Gasteiger partial charge in [0.2, 0.25) is 5.78 Å². The van der Waals surface area contributed by atoms with Crippen LogP contribution in [0, 0.1) is 6.92 Å². The van der Waals surface area contributed by atoms with Gasteiger partial charge in [0.1, 0.15) is 17.1 Å². The van der Waals surface area contributed by atoms with E-state index in [-0.39, 0.29) is 5.78 Å². The molecule has 0 saturated heterocycles. The molecule has 1 aliphatic rings. The molecule has 3 aromatic carbocycles. The van der Waals surface area contributed by atoms with Gasteiger partial charge in [-0.2, -0.15) is 0 Å². The highest BCUT2D eigenvalue weighted by atomic mass is 32.2. The summed E-state index contributed by atoms with van der Waals surface area (Å²) in [5, 5.41) is 0. The minimum atomic E-state index is -0.514. The van der Waals surface area contributed by atoms with Crippen molar-refractivity contribution in [1.82, 2.24) is 0 Å². The molecule has 0 saturated carbocycles. The van der Waals surface area contributed by atoms with E-state index in [9.17, 15) is 9.59 Å². The predicted molar refractivity (Wildman–Crippen MR) is 114 cm³/mol. The minimum absolute atomic E-state index is 0.0193. The largest absolute Gasteiger partial charge is 0.496 e. The Morgan fingerprint density at radius 1 is 0.966 bits per heavy atom. The lowest BCUT2D eigenvalue weighted by Crippen LogP contribution is -2.11. The first-order valence-electron chi connectivity index (χ1n) is 9.06. The van der Waals surface area contributed by atoms with Gasteiger partial charge < -0.3 is 9.47 Å². The zero-order chi connectivity index (χ0) is 20.4. The Labute approximate surface area is 173 Å². The zero-order valence-corrected chi connectivity index (χ0v) is 16.8. The molecule has 0 amide bonds. The Balaban J connectivity index is 1.67. The number of methoxy groups -OCH3 is 1. The summed E-state index contributed by atoms with van der Waals surface area (Å²) in [4.78, 5) is 27.0. The van der Waals surface area contributed by atoms with Crippen molar-refractivity contribution in [3.05, 3.63) is 93.9 Å². The summed E-state index contributed by atoms with van der Waals surface area (Å²) in [5.74, 6) is 0.304. The van der Waals surface area contributed by atoms with Gasteiger partial charge in [-0.25, -0.2) is 4.79 Å². The van der Waals surface area contributed by atoms with Crippen LogP contribution in [0.3, 0.4) is 0 Å². The van der Waals surface area contributed by atoms with E-state index >= 15 is 0 Å². The van der Waals surface area contributed by atoms with Crippen molar-refractivity contribution >= 4 is 29.6 Å². The average molecular weight is 402 g/mol. The zero-order valence-electron chi connectivity index (χ0n) is 16.0. The first kappa shape index (κ1) is 19.0. The van der Waals surface area contributed by atoms with Crippen LogP contribution in [-0.2, 0) is 0 Å². The van der Waals surface area contributed by atoms with Gasteiger partial charge in [-0.15, -0.1) is 0 Å². The number of benzene rings is 3. The van der Waals surface area contributed by atoms with Crippen LogP contribution >= 0.6 is 11.8 Å². The van der Waals surface area contributed by atoms with Crippen LogP contribution in [0.15, 0.2) is 76.5 Å². The first-order chi connectivity index (χ1) is 14.1. The van der Waals surface area contributed by atoms with Crippen molar-refractivity contribution in [2.75, 3.05) is 7.11 Å². The topological polar surface area (TPSA) is 52.6 Å². The number of para-hydroxylation sites is 1. The standard InChI is InChI=1S/C24H18O4S/c1-15-11-12-19(28-24(26)17-7-3-5-9-20(17)27-2)16(13-15)14-22-23(25)18-8-4-6-10-21(18)29-22/h3-14H,1-2H3/b22-14-. The number of hydrogen-bond acceptors (Lipinski definition) is 5. The molecule has 29 heavy (non-hydrogen) atoms. The molecule has 1 aliphatic heterocycles. The number of ketones is 1. The number of Topliss-reactive ketones (excluding diaryl/α,β-unsaturated/α-hetero) is 1. The monoisotopic (exact) mass is 402 g/mol. The van der Waals surface area contributed by atoms with E-state index in [4.69, 9.17) is 9.47 Å². The van der Waals surface area contributed by atoms with E-state index < -0.39 is 5.97 Å². The molecule has 0 aliphatic carbocycles. The maximum absolute atomic E-state index is 12.7. The molecule has 0 aromatic heterocycles. The van der Waals surface area contributed by atoms with E-state index in [0.29, 0.717) is 33.1 Å². The van der Waals surface area contributed by atoms with E-state index in [0.717, 1.165) is 10.5 Å². The third-order valence-corrected chi connectivity index (χ3v) is 5.66. The lowest BCUT2D eigenvalue weighted by molar-refractivity contribution is 0.0730. The molecule has 5 heteroatoms. The molecule has 4 rings (SSSR count). The third-order valence-electron chi connectivity index (χ3n) is 4.56. The Morgan fingerprint density at radius 3 is 2.52 bits per heavy atom. The second kappa shape index (κ2) is 7.97. The summed E-state index contributed by atoms with van der Waals surface area (Å²) in [6.07, 6.45) is 1.78. The first-order valence-corrected chi connectivity index (χ1v) is 9.87. The van der Waals surface area contributed by atoms with E-state index in [1.165, 1.54) is 18.9 Å². The van der Waals surface area contributed by atoms with Crippen LogP contribution in [0.5, 0.6) is 11.5 Å². The second-order valence-electron chi connectivity index (χ2n) is 6.57. The van der Waals surface area contributed by atoms with Crippen LogP contribution in [0.25, 0.3) is 6.08 Å². The van der Waals surface area contributed by atoms with Crippen LogP contribution in [-0.4, -0.2) is 18.9 Å². The van der Waals surface area contributed by atoms with Gasteiger partial charge in [-0.05, 0) is 49.4 Å². The molecule has 0 N–H and O–H groups in total. The number of thioether (sulfide) groups is 1. The fraction of sp³-hybridized carbons (Fsp3) is 0.0833. The fourth-order valence-electron chi connectivity index (χ4n) is 3.12. The molecule has 0 spiro atoms. The van der Waals surface area contributed by atoms with Crippen molar-refractivity contribution in [2.24, 2.45) is 0 Å². The predicted octanol–water partition coefficient (Wildman–Crippen LogP) is 5.55. The SMILES string of the molecule is COc1ccccc1C(=O)Oc1ccc(C)cc1/C=C1\Sc2ccccc2C1=O. The molecule has 0 radical (unpaired) electrons. The number of allylic oxidation sites excluding steroid dienone is 1. The van der Waals surface area contributed by atoms with E-state index in [1.54, 1.807) is 36.4 Å². The van der Waals surface area contributed by atoms with Gasteiger partial charge >= 0.3 is 5.97 Å². The molecule has 4 nitrogen and oxygen atoms in total. The smallest absolute Gasteiger partial charge is 0.347 e. The van der Waals surface area contributed by atoms with Crippen molar-refractivity contribution in [3.8, 4) is 11.5 Å². The number of hydrogen-bond donors (Lipinski definition) is 0. The Kier molecular flexibility index (Phi) is 5.23. The van der Waals surface area contributed by atoms with Crippen molar-refractivity contribution < 1.29 is 19.1 Å². The molecule has 0 unspecified atom stereocenters. The number of carbonyl (C=O) groups excluding carboxylic acids is 2. The highest BCUT2D eigenvalue weighted by Crippen LogP contribution is 2.41. The van der Waals surface area contributed by atoms with E-state index in [2.05, 4.69) is 0 Å². The second-order valence-corrected chi connectivity index (χ2v) is 7.65. The van der Waals surface area contributed by atoms with E-state index in [1.807, 2.05) is 43.3 Å². The molecule has 0 fully saturated rings. The lowest BCUT2D eigenvalue weighted by atomic mass is 10.1. The fourth-order valence-corrected chi connectivity index (χ4v) is 4.16. The van der Waals surface area contributed by atoms with Crippen LogP contribution in [0.1, 0.15) is 31.8 Å². The average Bonchev–Trinajstić information content (AvgIpc) is 3.05. The molecule has 1 heterocycles. The van der Waals surface area contributed by atoms with Gasteiger partial charge in [0.05, 0.1) is 12.0 Å². The Morgan fingerprint density at radius 2 is 1.72 bits per heavy atom. The molecule has 0 bridgehead atoms. The molecule has 3 aromatic rings. The Hall–Kier alpha value is -3.31. The number of ether oxygens (including phenoxy) is 2. The normalized spacial score (nSPS) is 14.0. The summed E-state index contributed by atoms with van der Waals surface area (Å²) in [7, 11) is 1.51. The maximum atomic E-state index is 12.7. The number of aryl methyl sites for hydroxylation is 1. The number of esters is 1. The summed E-state index contributed by atoms with van der Waals surface area (Å²) < 4.78 is 10.9. The summed E-state index contributed by atoms with van der Waals surface area (Å²) in [5.41, 5.74) is 2.72. The summed E-state index contributed by atoms with van der Waals surface area (Å²) in [6, 6.07) is 19.9. The number of rotatable bonds is 4. The molecular formula is C24H18O4S. The van der Waals surface area contributed by atoms with Crippen molar-refractivity contribution in [3.63, 3.8) is 0 Å². The van der Waals surface area contributed by atoms with Gasteiger partial charge in [-0.3, -0.25) is 4.79 Å². The highest BCUT2D eigenvalue weighted by molar-refractivity contribution is 8.04. The quantitative estimate of drug-likeness (QED) is 0.325. The van der Waals surface area contributed by atoms with Gasteiger partial charge in [0, 0.05) is 16.0 Å². The van der Waals surface area contributed by atoms with Gasteiger partial charge in [0.25, 0.3) is 0 Å². The number of carbonyl (C=O) groups is 2. The molecule has 144 valence electrons. The number of fused-ring (bicyclic) bond motifs is 1. The summed E-state index contributed by atoms with van der Waals surface area (Å²) in [6.45, 7) is 1.95. The van der Waals surface area contributed by atoms with Crippen LogP contribution in [0.4, 0.5) is 0 Å². The van der Waals surface area contributed by atoms with Gasteiger partial charge in [-0.1, -0.05) is 47.7 Å². The van der Waals surface area contributed by atoms with Crippen LogP contribution in [0.2, 0.25) is 0 Å². The van der Waals surface area contributed by atoms with Crippen molar-refractivity contribution in [2.45, 2.75) is 11.8 Å². The Bertz CT molecular complexity index is 1150. The van der Waals surface area contributed by atoms with Crippen LogP contribution < -0.4 is 9.47 Å². The van der Waals surface area contributed by atoms with Gasteiger partial charge in [0.15, 0.2) is 0 Å². The molecular weight excluding hydrogens is 384 g/mol. The highest BCUT2D eigenvalue weighted by Gasteiger charge is 2.26. The minimum Gasteiger partial charge on any atom is -0.496 e. The van der Waals surface area contributed by atoms with Crippen molar-refractivity contribution in [1.29, 1.82) is 0 Å². The third kappa shape index (κ3) is 3.82. The lowest BCUT2D eigenvalue weighted by Gasteiger charge is -2.11.